The van der Waals surface area contributed by atoms with Gasteiger partial charge in [0.15, 0.2) is 10.1 Å². The van der Waals surface area contributed by atoms with Gasteiger partial charge in [-0.25, -0.2) is 13.8 Å². The first-order chi connectivity index (χ1) is 12.4. The number of nitrogens with zero attached hydrogens (tertiary/aromatic N) is 5. The summed E-state index contributed by atoms with van der Waals surface area (Å²) in [7, 11) is -4.68. The van der Waals surface area contributed by atoms with Crippen molar-refractivity contribution in [1.29, 1.82) is 0 Å². The summed E-state index contributed by atoms with van der Waals surface area (Å²) in [6, 6.07) is 11.4. The van der Waals surface area contributed by atoms with Crippen molar-refractivity contribution in [2.24, 2.45) is 5.10 Å². The van der Waals surface area contributed by atoms with Gasteiger partial charge in [0, 0.05) is 5.56 Å². The van der Waals surface area contributed by atoms with Crippen LogP contribution in [0.3, 0.4) is 0 Å². The summed E-state index contributed by atoms with van der Waals surface area (Å²) in [5, 5.41) is 14.6. The van der Waals surface area contributed by atoms with Crippen LogP contribution in [0.4, 0.5) is 0 Å². The molecule has 0 saturated heterocycles. The van der Waals surface area contributed by atoms with E-state index in [-0.39, 0.29) is 41.9 Å². The van der Waals surface area contributed by atoms with Crippen LogP contribution in [0.2, 0.25) is 0 Å². The van der Waals surface area contributed by atoms with E-state index in [2.05, 4.69) is 25.9 Å². The molecule has 0 aliphatic rings. The first-order valence-corrected chi connectivity index (χ1v) is 8.53. The predicted octanol–water partition coefficient (Wildman–Crippen LogP) is -3.01. The summed E-state index contributed by atoms with van der Waals surface area (Å²) >= 11 is 0. The van der Waals surface area contributed by atoms with Crippen molar-refractivity contribution in [1.82, 2.24) is 25.6 Å². The van der Waals surface area contributed by atoms with E-state index in [1.807, 2.05) is 30.3 Å². The number of rotatable bonds is 6. The number of tetrazole rings is 1. The van der Waals surface area contributed by atoms with E-state index in [1.54, 1.807) is 0 Å². The number of furan rings is 1. The number of hydrogen-bond donors (Lipinski definition) is 1. The fraction of sp³-hybridized carbons (Fsp3) is 0.0714. The van der Waals surface area contributed by atoms with Crippen molar-refractivity contribution in [3.8, 4) is 11.4 Å². The molecule has 0 fully saturated rings. The summed E-state index contributed by atoms with van der Waals surface area (Å²) in [6.45, 7) is -0.227. The van der Waals surface area contributed by atoms with Crippen LogP contribution in [-0.2, 0) is 21.5 Å². The average molecular weight is 398 g/mol. The van der Waals surface area contributed by atoms with E-state index >= 15 is 0 Å². The monoisotopic (exact) mass is 398 g/mol. The van der Waals surface area contributed by atoms with Gasteiger partial charge in [-0.2, -0.15) is 9.90 Å². The molecule has 1 N–H and O–H groups in total. The predicted molar refractivity (Wildman–Crippen MR) is 85.7 cm³/mol. The van der Waals surface area contributed by atoms with Gasteiger partial charge in [-0.15, -0.1) is 10.2 Å². The number of benzene rings is 1. The Morgan fingerprint density at radius 3 is 2.67 bits per heavy atom. The van der Waals surface area contributed by atoms with Crippen molar-refractivity contribution in [3.05, 3.63) is 48.2 Å². The second-order valence-corrected chi connectivity index (χ2v) is 6.22. The van der Waals surface area contributed by atoms with Crippen molar-refractivity contribution in [3.63, 3.8) is 0 Å². The molecule has 2 heterocycles. The summed E-state index contributed by atoms with van der Waals surface area (Å²) in [5.41, 5.74) is 2.95. The molecule has 0 atom stereocenters. The number of nitrogens with one attached hydrogen (secondary N) is 1. The Morgan fingerprint density at radius 2 is 2.00 bits per heavy atom. The third kappa shape index (κ3) is 5.80. The fourth-order valence-corrected chi connectivity index (χ4v) is 2.32. The van der Waals surface area contributed by atoms with E-state index in [0.29, 0.717) is 5.82 Å². The van der Waals surface area contributed by atoms with Gasteiger partial charge in [0.25, 0.3) is 5.91 Å². The second kappa shape index (κ2) is 9.01. The SMILES string of the molecule is O=C(Cn1nnc(-c2ccccc2)n1)NN=Cc1ccc(S(=O)(=O)[O-])o1.[Na+]. The fourth-order valence-electron chi connectivity index (χ4n) is 1.88. The van der Waals surface area contributed by atoms with Crippen LogP contribution < -0.4 is 35.0 Å². The van der Waals surface area contributed by atoms with E-state index in [1.165, 1.54) is 6.07 Å². The minimum atomic E-state index is -4.68. The maximum Gasteiger partial charge on any atom is 1.00 e. The van der Waals surface area contributed by atoms with Gasteiger partial charge >= 0.3 is 29.6 Å². The Balaban J connectivity index is 0.00000261. The van der Waals surface area contributed by atoms with E-state index in [4.69, 9.17) is 4.42 Å². The van der Waals surface area contributed by atoms with Gasteiger partial charge in [-0.3, -0.25) is 4.79 Å². The standard InChI is InChI=1S/C14H12N6O5S.Na/c21-12(16-15-8-11-6-7-13(25-11)26(22,23)24)9-20-18-14(17-19-20)10-4-2-1-3-5-10;/h1-8H,9H2,(H,16,21)(H,22,23,24);/q;+1/p-1. The summed E-state index contributed by atoms with van der Waals surface area (Å²) in [6.07, 6.45) is 1.05. The molecule has 2 aromatic heterocycles. The zero-order chi connectivity index (χ0) is 18.6. The third-order valence-electron chi connectivity index (χ3n) is 3.00. The van der Waals surface area contributed by atoms with Crippen LogP contribution in [-0.4, -0.2) is 45.3 Å². The molecule has 0 bridgehead atoms. The molecule has 0 unspecified atom stereocenters. The summed E-state index contributed by atoms with van der Waals surface area (Å²) in [4.78, 5) is 12.9. The van der Waals surface area contributed by atoms with Crippen molar-refractivity contribution < 1.29 is 51.7 Å². The number of carbonyl (C=O) groups excluding carboxylic acids is 1. The molecule has 1 amide bonds. The number of amides is 1. The normalized spacial score (nSPS) is 11.3. The molecule has 11 nitrogen and oxygen atoms in total. The Kier molecular flexibility index (Phi) is 6.98. The molecule has 0 spiro atoms. The molecule has 13 heteroatoms. The number of aromatic nitrogens is 4. The first kappa shape index (κ1) is 20.9. The molecule has 27 heavy (non-hydrogen) atoms. The molecule has 3 rings (SSSR count). The van der Waals surface area contributed by atoms with Gasteiger partial charge in [-0.05, 0) is 17.3 Å². The van der Waals surface area contributed by atoms with Crippen LogP contribution in [0.1, 0.15) is 5.76 Å². The molecular weight excluding hydrogens is 387 g/mol. The zero-order valence-corrected chi connectivity index (χ0v) is 16.8. The van der Waals surface area contributed by atoms with Gasteiger partial charge in [0.05, 0.1) is 6.21 Å². The molecule has 3 aromatic rings. The quantitative estimate of drug-likeness (QED) is 0.199. The maximum absolute atomic E-state index is 11.8. The van der Waals surface area contributed by atoms with E-state index < -0.39 is 21.1 Å². The summed E-state index contributed by atoms with van der Waals surface area (Å²) in [5.74, 6) is -0.171. The van der Waals surface area contributed by atoms with Crippen LogP contribution in [0, 0.1) is 0 Å². The van der Waals surface area contributed by atoms with Crippen molar-refractivity contribution in [2.75, 3.05) is 0 Å². The minimum Gasteiger partial charge on any atom is -0.742 e. The molecular formula is C14H11N6NaO5S. The zero-order valence-electron chi connectivity index (χ0n) is 14.0. The first-order valence-electron chi connectivity index (χ1n) is 7.13. The Labute approximate surface area is 175 Å². The van der Waals surface area contributed by atoms with Gasteiger partial charge in [0.2, 0.25) is 10.9 Å². The van der Waals surface area contributed by atoms with E-state index in [9.17, 15) is 17.8 Å². The maximum atomic E-state index is 11.8. The van der Waals surface area contributed by atoms with Crippen molar-refractivity contribution in [2.45, 2.75) is 11.6 Å². The molecule has 0 aliphatic heterocycles. The molecule has 0 aliphatic carbocycles. The molecule has 0 saturated carbocycles. The Bertz CT molecular complexity index is 1050. The topological polar surface area (TPSA) is 155 Å². The van der Waals surface area contributed by atoms with Crippen LogP contribution in [0.25, 0.3) is 11.4 Å². The average Bonchev–Trinajstić information content (AvgIpc) is 3.25. The number of hydrogen-bond acceptors (Lipinski definition) is 9. The van der Waals surface area contributed by atoms with Gasteiger partial charge in [0.1, 0.15) is 12.3 Å². The summed E-state index contributed by atoms with van der Waals surface area (Å²) < 4.78 is 37.0. The molecule has 134 valence electrons. The smallest absolute Gasteiger partial charge is 0.742 e. The van der Waals surface area contributed by atoms with Crippen LogP contribution in [0.5, 0.6) is 0 Å². The Hall–Kier alpha value is -2.38. The third-order valence-corrected chi connectivity index (χ3v) is 3.71. The van der Waals surface area contributed by atoms with Crippen molar-refractivity contribution >= 4 is 22.2 Å². The Morgan fingerprint density at radius 1 is 1.26 bits per heavy atom. The number of hydrazone groups is 1. The van der Waals surface area contributed by atoms with Gasteiger partial charge in [-0.1, -0.05) is 30.3 Å². The van der Waals surface area contributed by atoms with Crippen LogP contribution in [0.15, 0.2) is 57.1 Å². The van der Waals surface area contributed by atoms with Crippen LogP contribution >= 0.6 is 0 Å². The van der Waals surface area contributed by atoms with E-state index in [0.717, 1.165) is 22.6 Å². The molecule has 1 aromatic carbocycles. The number of carbonyl (C=O) groups is 1. The van der Waals surface area contributed by atoms with Gasteiger partial charge < -0.3 is 8.97 Å². The molecule has 0 radical (unpaired) electrons. The largest absolute Gasteiger partial charge is 1.00 e. The second-order valence-electron chi connectivity index (χ2n) is 4.91. The minimum absolute atomic E-state index is 0.